The summed E-state index contributed by atoms with van der Waals surface area (Å²) in [6.07, 6.45) is -2.62. The van der Waals surface area contributed by atoms with E-state index in [1.54, 1.807) is 45.0 Å². The van der Waals surface area contributed by atoms with Crippen molar-refractivity contribution >= 4 is 6.09 Å². The quantitative estimate of drug-likeness (QED) is 0.551. The van der Waals surface area contributed by atoms with Crippen LogP contribution in [-0.4, -0.2) is 104 Å². The summed E-state index contributed by atoms with van der Waals surface area (Å²) in [5, 5.41) is 21.7. The second kappa shape index (κ2) is 11.8. The van der Waals surface area contributed by atoms with Gasteiger partial charge in [0.2, 0.25) is 0 Å². The van der Waals surface area contributed by atoms with Gasteiger partial charge < -0.3 is 24.6 Å². The first-order chi connectivity index (χ1) is 16.1. The Morgan fingerprint density at radius 1 is 1.21 bits per heavy atom. The van der Waals surface area contributed by atoms with Crippen LogP contribution in [0.15, 0.2) is 24.3 Å². The van der Waals surface area contributed by atoms with Crippen molar-refractivity contribution in [2.75, 3.05) is 52.4 Å². The predicted molar refractivity (Wildman–Crippen MR) is 123 cm³/mol. The molecular formula is C24H35FN4O5. The smallest absolute Gasteiger partial charge is 0.407 e. The van der Waals surface area contributed by atoms with Crippen molar-refractivity contribution in [3.8, 4) is 11.8 Å². The van der Waals surface area contributed by atoms with E-state index in [0.717, 1.165) is 0 Å². The van der Waals surface area contributed by atoms with Crippen molar-refractivity contribution < 1.29 is 28.5 Å². The van der Waals surface area contributed by atoms with Gasteiger partial charge in [-0.05, 0) is 45.0 Å². The van der Waals surface area contributed by atoms with E-state index in [-0.39, 0.29) is 31.9 Å². The minimum atomic E-state index is -1.20. The molecule has 0 spiro atoms. The number of carbonyl (C=O) groups excluding carboxylic acids is 1. The lowest BCUT2D eigenvalue weighted by Gasteiger charge is -2.46. The summed E-state index contributed by atoms with van der Waals surface area (Å²) < 4.78 is 31.2. The molecule has 188 valence electrons. The molecule has 2 fully saturated rings. The van der Waals surface area contributed by atoms with Crippen molar-refractivity contribution in [1.82, 2.24) is 15.1 Å². The van der Waals surface area contributed by atoms with E-state index >= 15 is 0 Å². The lowest BCUT2D eigenvalue weighted by molar-refractivity contribution is -0.145. The Balaban J connectivity index is 1.36. The van der Waals surface area contributed by atoms with Crippen molar-refractivity contribution in [2.24, 2.45) is 0 Å². The zero-order valence-corrected chi connectivity index (χ0v) is 20.1. The standard InChI is InChI=1S/C24H35FN4O5/c1-24(2,3)34-23(31)27-9-18(25)10-28-12-21-14-29(15-22(13-28)33-21)11-19(30)16-32-20-6-4-17(8-26)5-7-20/h4-7,18-19,21-22,30H,9-16H2,1-3H3,(H,27,31)/t18-,19+,21?,22?/m1/s1. The Kier molecular flexibility index (Phi) is 9.08. The maximum atomic E-state index is 14.4. The van der Waals surface area contributed by atoms with Crippen LogP contribution in [0.1, 0.15) is 26.3 Å². The summed E-state index contributed by atoms with van der Waals surface area (Å²) in [7, 11) is 0. The molecule has 2 N–H and O–H groups in total. The largest absolute Gasteiger partial charge is 0.491 e. The van der Waals surface area contributed by atoms with Crippen LogP contribution < -0.4 is 10.1 Å². The van der Waals surface area contributed by atoms with Gasteiger partial charge in [-0.3, -0.25) is 9.80 Å². The van der Waals surface area contributed by atoms with Crippen LogP contribution in [0, 0.1) is 11.3 Å². The average molecular weight is 479 g/mol. The minimum Gasteiger partial charge on any atom is -0.491 e. The van der Waals surface area contributed by atoms with Gasteiger partial charge in [-0.2, -0.15) is 5.26 Å². The van der Waals surface area contributed by atoms with Crippen LogP contribution in [0.25, 0.3) is 0 Å². The van der Waals surface area contributed by atoms with Crippen molar-refractivity contribution in [1.29, 1.82) is 5.26 Å². The number of ether oxygens (including phenoxy) is 3. The van der Waals surface area contributed by atoms with E-state index in [2.05, 4.69) is 16.3 Å². The molecule has 34 heavy (non-hydrogen) atoms. The lowest BCUT2D eigenvalue weighted by atomic mass is 10.1. The number of hydrogen-bond acceptors (Lipinski definition) is 8. The highest BCUT2D eigenvalue weighted by Crippen LogP contribution is 2.20. The number of halogens is 1. The lowest BCUT2D eigenvalue weighted by Crippen LogP contribution is -2.61. The number of β-amino-alcohol motifs (C(OH)–C–C–N with tert-alkyl or cyclic N) is 1. The van der Waals surface area contributed by atoms with Crippen molar-refractivity contribution in [3.05, 3.63) is 29.8 Å². The van der Waals surface area contributed by atoms with Gasteiger partial charge >= 0.3 is 6.09 Å². The van der Waals surface area contributed by atoms with Gasteiger partial charge in [-0.15, -0.1) is 0 Å². The molecule has 0 aliphatic carbocycles. The van der Waals surface area contributed by atoms with E-state index in [1.807, 2.05) is 4.90 Å². The number of amides is 1. The van der Waals surface area contributed by atoms with Gasteiger partial charge in [-0.25, -0.2) is 9.18 Å². The highest BCUT2D eigenvalue weighted by Gasteiger charge is 2.36. The number of benzene rings is 1. The molecule has 1 amide bonds. The number of alkyl halides is 1. The minimum absolute atomic E-state index is 0.0647. The number of nitrogens with zero attached hydrogens (tertiary/aromatic N) is 3. The Hall–Kier alpha value is -2.45. The van der Waals surface area contributed by atoms with Crippen molar-refractivity contribution in [2.45, 2.75) is 50.9 Å². The zero-order chi connectivity index (χ0) is 24.7. The van der Waals surface area contributed by atoms with Gasteiger partial charge in [0.1, 0.15) is 30.2 Å². The number of carbonyl (C=O) groups is 1. The summed E-state index contributed by atoms with van der Waals surface area (Å²) >= 11 is 0. The van der Waals surface area contributed by atoms with Gasteiger partial charge in [-0.1, -0.05) is 0 Å². The fourth-order valence-electron chi connectivity index (χ4n) is 4.18. The molecule has 2 bridgehead atoms. The second-order valence-electron chi connectivity index (χ2n) is 9.90. The number of morpholine rings is 2. The Labute approximate surface area is 200 Å². The van der Waals surface area contributed by atoms with Crippen LogP contribution in [0.4, 0.5) is 9.18 Å². The molecule has 0 saturated carbocycles. The number of alkyl carbamates (subject to hydrolysis) is 1. The van der Waals surface area contributed by atoms with Gasteiger partial charge in [0, 0.05) is 39.3 Å². The molecule has 0 radical (unpaired) electrons. The maximum Gasteiger partial charge on any atom is 0.407 e. The zero-order valence-electron chi connectivity index (χ0n) is 20.1. The molecule has 10 heteroatoms. The Bertz CT molecular complexity index is 827. The fraction of sp³-hybridized carbons (Fsp3) is 0.667. The molecule has 2 aliphatic heterocycles. The van der Waals surface area contributed by atoms with E-state index < -0.39 is 24.0 Å². The molecule has 2 saturated heterocycles. The van der Waals surface area contributed by atoms with E-state index in [1.165, 1.54) is 0 Å². The van der Waals surface area contributed by atoms with Crippen LogP contribution in [-0.2, 0) is 9.47 Å². The number of nitriles is 1. The molecular weight excluding hydrogens is 443 g/mol. The maximum absolute atomic E-state index is 14.4. The summed E-state index contributed by atoms with van der Waals surface area (Å²) in [4.78, 5) is 15.9. The van der Waals surface area contributed by atoms with Crippen LogP contribution in [0.3, 0.4) is 0 Å². The third-order valence-electron chi connectivity index (χ3n) is 5.45. The Morgan fingerprint density at radius 3 is 2.35 bits per heavy atom. The molecule has 1 aromatic rings. The van der Waals surface area contributed by atoms with Crippen molar-refractivity contribution in [3.63, 3.8) is 0 Å². The molecule has 1 aromatic carbocycles. The van der Waals surface area contributed by atoms with Crippen LogP contribution >= 0.6 is 0 Å². The number of aliphatic hydroxyl groups is 1. The van der Waals surface area contributed by atoms with Crippen LogP contribution in [0.5, 0.6) is 5.75 Å². The number of rotatable bonds is 9. The average Bonchev–Trinajstić information content (AvgIpc) is 2.75. The van der Waals surface area contributed by atoms with Gasteiger partial charge in [0.25, 0.3) is 0 Å². The number of hydrogen-bond donors (Lipinski definition) is 2. The highest BCUT2D eigenvalue weighted by atomic mass is 19.1. The molecule has 2 unspecified atom stereocenters. The summed E-state index contributed by atoms with van der Waals surface area (Å²) in [6.45, 7) is 8.49. The van der Waals surface area contributed by atoms with E-state index in [9.17, 15) is 14.3 Å². The van der Waals surface area contributed by atoms with Gasteiger partial charge in [0.05, 0.1) is 30.4 Å². The molecule has 2 heterocycles. The van der Waals surface area contributed by atoms with E-state index in [4.69, 9.17) is 19.5 Å². The first-order valence-electron chi connectivity index (χ1n) is 11.6. The summed E-state index contributed by atoms with van der Waals surface area (Å²) in [5.41, 5.74) is -0.0626. The first kappa shape index (κ1) is 26.2. The summed E-state index contributed by atoms with van der Waals surface area (Å²) in [6, 6.07) is 8.82. The topological polar surface area (TPSA) is 107 Å². The first-order valence-corrected chi connectivity index (χ1v) is 11.6. The number of nitrogens with one attached hydrogen (secondary N) is 1. The van der Waals surface area contributed by atoms with E-state index in [0.29, 0.717) is 44.0 Å². The molecule has 3 rings (SSSR count). The van der Waals surface area contributed by atoms with Crippen LogP contribution in [0.2, 0.25) is 0 Å². The molecule has 2 aliphatic rings. The SMILES string of the molecule is CC(C)(C)OC(=O)NC[C@@H](F)CN1CC2CN(C[C@H](O)COc3ccc(C#N)cc3)CC(C1)O2. The molecule has 4 atom stereocenters. The molecule has 9 nitrogen and oxygen atoms in total. The monoisotopic (exact) mass is 478 g/mol. The number of fused-ring (bicyclic) bond motifs is 2. The van der Waals surface area contributed by atoms with Gasteiger partial charge in [0.15, 0.2) is 0 Å². The predicted octanol–water partition coefficient (Wildman–Crippen LogP) is 1.55. The normalized spacial score (nSPS) is 22.9. The third kappa shape index (κ3) is 8.72. The Morgan fingerprint density at radius 2 is 1.79 bits per heavy atom. The third-order valence-corrected chi connectivity index (χ3v) is 5.45. The second-order valence-corrected chi connectivity index (χ2v) is 9.90. The molecule has 0 aromatic heterocycles. The highest BCUT2D eigenvalue weighted by molar-refractivity contribution is 5.67. The summed E-state index contributed by atoms with van der Waals surface area (Å²) in [5.74, 6) is 0.606. The fourth-order valence-corrected chi connectivity index (χ4v) is 4.18. The number of aliphatic hydroxyl groups excluding tert-OH is 1.